The van der Waals surface area contributed by atoms with Crippen molar-refractivity contribution in [2.24, 2.45) is 5.10 Å². The Bertz CT molecular complexity index is 555. The van der Waals surface area contributed by atoms with E-state index in [1.165, 1.54) is 29.7 Å². The lowest BCUT2D eigenvalue weighted by atomic mass is 10.2. The molecule has 0 bridgehead atoms. The van der Waals surface area contributed by atoms with Gasteiger partial charge in [-0.2, -0.15) is 5.10 Å². The molecule has 0 unspecified atom stereocenters. The highest BCUT2D eigenvalue weighted by atomic mass is 32.1. The van der Waals surface area contributed by atoms with Crippen molar-refractivity contribution in [2.45, 2.75) is 0 Å². The molecule has 17 heavy (non-hydrogen) atoms. The molecular weight excluding hydrogens is 243 g/mol. The van der Waals surface area contributed by atoms with Gasteiger partial charge in [-0.15, -0.1) is 11.3 Å². The summed E-state index contributed by atoms with van der Waals surface area (Å²) in [5.41, 5.74) is 8.61. The van der Waals surface area contributed by atoms with Crippen LogP contribution in [0.5, 0.6) is 5.75 Å². The van der Waals surface area contributed by atoms with Crippen LogP contribution in [0.15, 0.2) is 28.7 Å². The normalized spacial score (nSPS) is 10.9. The van der Waals surface area contributed by atoms with Crippen LogP contribution in [0.2, 0.25) is 0 Å². The average molecular weight is 252 g/mol. The lowest BCUT2D eigenvalue weighted by Gasteiger charge is -1.96. The van der Waals surface area contributed by atoms with Gasteiger partial charge in [0.1, 0.15) is 5.82 Å². The SMILES string of the molecule is Nc1csc(NN=Cc2ccc(O)c(F)c2)n1. The lowest BCUT2D eigenvalue weighted by molar-refractivity contribution is 0.432. The maximum absolute atomic E-state index is 13.0. The van der Waals surface area contributed by atoms with Crippen molar-refractivity contribution in [3.8, 4) is 5.75 Å². The number of thiazole rings is 1. The fourth-order valence-electron chi connectivity index (χ4n) is 1.10. The topological polar surface area (TPSA) is 83.5 Å². The number of rotatable bonds is 3. The van der Waals surface area contributed by atoms with Crippen molar-refractivity contribution in [1.29, 1.82) is 0 Å². The molecule has 0 atom stereocenters. The van der Waals surface area contributed by atoms with E-state index >= 15 is 0 Å². The molecule has 0 aliphatic carbocycles. The number of hydrazone groups is 1. The molecule has 0 saturated heterocycles. The highest BCUT2D eigenvalue weighted by molar-refractivity contribution is 7.14. The summed E-state index contributed by atoms with van der Waals surface area (Å²) in [6, 6.07) is 3.98. The second-order valence-electron chi connectivity index (χ2n) is 3.16. The number of aromatic hydroxyl groups is 1. The molecule has 1 aromatic carbocycles. The lowest BCUT2D eigenvalue weighted by Crippen LogP contribution is -1.91. The molecule has 7 heteroatoms. The number of nitrogens with one attached hydrogen (secondary N) is 1. The van der Waals surface area contributed by atoms with Crippen molar-refractivity contribution in [3.63, 3.8) is 0 Å². The van der Waals surface area contributed by atoms with Crippen molar-refractivity contribution >= 4 is 28.5 Å². The Morgan fingerprint density at radius 1 is 1.53 bits per heavy atom. The number of anilines is 2. The molecule has 2 rings (SSSR count). The van der Waals surface area contributed by atoms with Crippen LogP contribution in [-0.2, 0) is 0 Å². The third kappa shape index (κ3) is 2.91. The summed E-state index contributed by atoms with van der Waals surface area (Å²) in [4.78, 5) is 3.93. The van der Waals surface area contributed by atoms with Crippen LogP contribution in [0.4, 0.5) is 15.3 Å². The summed E-state index contributed by atoms with van der Waals surface area (Å²) in [6.45, 7) is 0. The van der Waals surface area contributed by atoms with E-state index < -0.39 is 5.82 Å². The molecule has 5 nitrogen and oxygen atoms in total. The molecule has 0 aliphatic rings. The van der Waals surface area contributed by atoms with E-state index in [4.69, 9.17) is 10.8 Å². The monoisotopic (exact) mass is 252 g/mol. The van der Waals surface area contributed by atoms with Gasteiger partial charge in [0, 0.05) is 5.38 Å². The van der Waals surface area contributed by atoms with Crippen molar-refractivity contribution in [3.05, 3.63) is 35.0 Å². The third-order valence-electron chi connectivity index (χ3n) is 1.87. The number of hydrogen-bond acceptors (Lipinski definition) is 6. The molecule has 0 radical (unpaired) electrons. The van der Waals surface area contributed by atoms with E-state index in [9.17, 15) is 4.39 Å². The van der Waals surface area contributed by atoms with Crippen LogP contribution < -0.4 is 11.2 Å². The van der Waals surface area contributed by atoms with Gasteiger partial charge in [0.25, 0.3) is 0 Å². The van der Waals surface area contributed by atoms with Crippen LogP contribution >= 0.6 is 11.3 Å². The Kier molecular flexibility index (Phi) is 3.20. The first-order valence-corrected chi connectivity index (χ1v) is 5.52. The summed E-state index contributed by atoms with van der Waals surface area (Å²) in [5, 5.41) is 15.1. The number of nitrogens with two attached hydrogens (primary N) is 1. The van der Waals surface area contributed by atoms with Crippen LogP contribution in [0, 0.1) is 5.82 Å². The Morgan fingerprint density at radius 3 is 3.00 bits per heavy atom. The number of halogens is 1. The minimum Gasteiger partial charge on any atom is -0.505 e. The van der Waals surface area contributed by atoms with Gasteiger partial charge in [-0.05, 0) is 23.8 Å². The van der Waals surface area contributed by atoms with Crippen LogP contribution in [0.25, 0.3) is 0 Å². The Morgan fingerprint density at radius 2 is 2.35 bits per heavy atom. The predicted octanol–water partition coefficient (Wildman–Crippen LogP) is 2.02. The first-order chi connectivity index (χ1) is 8.15. The highest BCUT2D eigenvalue weighted by Crippen LogP contribution is 2.17. The fourth-order valence-corrected chi connectivity index (χ4v) is 1.65. The summed E-state index contributed by atoms with van der Waals surface area (Å²) in [6.07, 6.45) is 1.42. The molecule has 0 spiro atoms. The van der Waals surface area contributed by atoms with E-state index in [-0.39, 0.29) is 5.75 Å². The predicted molar refractivity (Wildman–Crippen MR) is 65.8 cm³/mol. The second-order valence-corrected chi connectivity index (χ2v) is 4.02. The molecule has 0 amide bonds. The van der Waals surface area contributed by atoms with E-state index in [0.717, 1.165) is 0 Å². The summed E-state index contributed by atoms with van der Waals surface area (Å²) in [5.74, 6) is -0.654. The first-order valence-electron chi connectivity index (χ1n) is 4.64. The van der Waals surface area contributed by atoms with Gasteiger partial charge >= 0.3 is 0 Å². The van der Waals surface area contributed by atoms with Crippen LogP contribution in [0.3, 0.4) is 0 Å². The van der Waals surface area contributed by atoms with Crippen molar-refractivity contribution < 1.29 is 9.50 Å². The number of hydrogen-bond donors (Lipinski definition) is 3. The zero-order valence-electron chi connectivity index (χ0n) is 8.59. The smallest absolute Gasteiger partial charge is 0.205 e. The Balaban J connectivity index is 2.03. The molecule has 1 heterocycles. The molecule has 2 aromatic rings. The molecule has 0 saturated carbocycles. The average Bonchev–Trinajstić information content (AvgIpc) is 2.70. The molecule has 4 N–H and O–H groups in total. The van der Waals surface area contributed by atoms with E-state index in [1.807, 2.05) is 0 Å². The molecule has 88 valence electrons. The van der Waals surface area contributed by atoms with Gasteiger partial charge in [0.2, 0.25) is 5.13 Å². The quantitative estimate of drug-likeness (QED) is 0.576. The van der Waals surface area contributed by atoms with E-state index in [0.29, 0.717) is 16.5 Å². The van der Waals surface area contributed by atoms with E-state index in [2.05, 4.69) is 15.5 Å². The van der Waals surface area contributed by atoms with Crippen molar-refractivity contribution in [1.82, 2.24) is 4.98 Å². The first kappa shape index (κ1) is 11.3. The number of aromatic nitrogens is 1. The Labute approximate surface area is 100 Å². The molecule has 1 aromatic heterocycles. The van der Waals surface area contributed by atoms with E-state index in [1.54, 1.807) is 11.4 Å². The largest absolute Gasteiger partial charge is 0.505 e. The van der Waals surface area contributed by atoms with Crippen LogP contribution in [-0.4, -0.2) is 16.3 Å². The minimum atomic E-state index is -0.688. The maximum atomic E-state index is 13.0. The fraction of sp³-hybridized carbons (Fsp3) is 0. The number of phenolic OH excluding ortho intramolecular Hbond substituents is 1. The third-order valence-corrected chi connectivity index (χ3v) is 2.63. The van der Waals surface area contributed by atoms with Gasteiger partial charge in [-0.25, -0.2) is 9.37 Å². The highest BCUT2D eigenvalue weighted by Gasteiger charge is 1.99. The van der Waals surface area contributed by atoms with Gasteiger partial charge in [-0.3, -0.25) is 5.43 Å². The second kappa shape index (κ2) is 4.79. The molecule has 0 fully saturated rings. The number of nitrogens with zero attached hydrogens (tertiary/aromatic N) is 2. The summed E-state index contributed by atoms with van der Waals surface area (Å²) >= 11 is 1.32. The Hall–Kier alpha value is -2.15. The van der Waals surface area contributed by atoms with Crippen LogP contribution in [0.1, 0.15) is 5.56 Å². The standard InChI is InChI=1S/C10H9FN4OS/c11-7-3-6(1-2-8(7)16)4-13-15-10-14-9(12)5-17-10/h1-5,16H,12H2,(H,14,15). The van der Waals surface area contributed by atoms with Gasteiger partial charge in [-0.1, -0.05) is 0 Å². The molecular formula is C10H9FN4OS. The van der Waals surface area contributed by atoms with Crippen molar-refractivity contribution in [2.75, 3.05) is 11.2 Å². The van der Waals surface area contributed by atoms with Gasteiger partial charge in [0.05, 0.1) is 6.21 Å². The molecule has 0 aliphatic heterocycles. The number of nitrogen functional groups attached to an aromatic ring is 1. The summed E-state index contributed by atoms with van der Waals surface area (Å²) < 4.78 is 13.0. The summed E-state index contributed by atoms with van der Waals surface area (Å²) in [7, 11) is 0. The zero-order valence-corrected chi connectivity index (χ0v) is 9.41. The number of phenols is 1. The minimum absolute atomic E-state index is 0.386. The number of benzene rings is 1. The van der Waals surface area contributed by atoms with Gasteiger partial charge in [0.15, 0.2) is 11.6 Å². The maximum Gasteiger partial charge on any atom is 0.205 e. The zero-order chi connectivity index (χ0) is 12.3. The van der Waals surface area contributed by atoms with Gasteiger partial charge < -0.3 is 10.8 Å².